The molecule has 0 saturated heterocycles. The van der Waals surface area contributed by atoms with Crippen LogP contribution in [0.2, 0.25) is 0 Å². The predicted octanol–water partition coefficient (Wildman–Crippen LogP) is 9.36. The van der Waals surface area contributed by atoms with Crippen LogP contribution in [0.1, 0.15) is 110 Å². The highest BCUT2D eigenvalue weighted by molar-refractivity contribution is 8.14. The number of thiazole rings is 1. The first kappa shape index (κ1) is 26.2. The van der Waals surface area contributed by atoms with Crippen LogP contribution >= 0.6 is 23.1 Å². The van der Waals surface area contributed by atoms with Crippen molar-refractivity contribution < 1.29 is 4.79 Å². The summed E-state index contributed by atoms with van der Waals surface area (Å²) in [5, 5.41) is 3.03. The monoisotopic (exact) mass is 462 g/mol. The number of hydrogen-bond acceptors (Lipinski definition) is 4. The maximum atomic E-state index is 12.1. The SMILES string of the molecule is CCCCCCCCCCCCCCCCCCNC(=O)Sc1nc2ccccc2s1. The number of carbonyl (C=O) groups excluding carboxylic acids is 1. The molecule has 0 saturated carbocycles. The van der Waals surface area contributed by atoms with Crippen molar-refractivity contribution in [3.63, 3.8) is 0 Å². The number of thioether (sulfide) groups is 1. The summed E-state index contributed by atoms with van der Waals surface area (Å²) in [5.41, 5.74) is 0.973. The minimum absolute atomic E-state index is 0.0139. The first-order valence-corrected chi connectivity index (χ1v) is 14.2. The number of amides is 1. The van der Waals surface area contributed by atoms with Crippen molar-refractivity contribution in [1.29, 1.82) is 0 Å². The van der Waals surface area contributed by atoms with Gasteiger partial charge in [-0.25, -0.2) is 4.98 Å². The van der Waals surface area contributed by atoms with Crippen LogP contribution in [-0.2, 0) is 0 Å². The molecule has 0 aliphatic heterocycles. The Hall–Kier alpha value is -1.07. The van der Waals surface area contributed by atoms with Crippen LogP contribution in [0.15, 0.2) is 28.6 Å². The summed E-state index contributed by atoms with van der Waals surface area (Å²) < 4.78 is 1.96. The molecule has 174 valence electrons. The molecule has 0 aliphatic carbocycles. The van der Waals surface area contributed by atoms with E-state index in [1.165, 1.54) is 108 Å². The van der Waals surface area contributed by atoms with E-state index in [1.54, 1.807) is 11.3 Å². The van der Waals surface area contributed by atoms with Gasteiger partial charge in [0.25, 0.3) is 5.24 Å². The molecular formula is C26H42N2OS2. The molecular weight excluding hydrogens is 420 g/mol. The Bertz CT molecular complexity index is 683. The van der Waals surface area contributed by atoms with Crippen molar-refractivity contribution >= 4 is 38.6 Å². The molecule has 31 heavy (non-hydrogen) atoms. The summed E-state index contributed by atoms with van der Waals surface area (Å²) in [7, 11) is 0. The molecule has 0 bridgehead atoms. The lowest BCUT2D eigenvalue weighted by molar-refractivity contribution is 0.260. The molecule has 2 aromatic rings. The van der Waals surface area contributed by atoms with Gasteiger partial charge in [-0.05, 0) is 18.6 Å². The lowest BCUT2D eigenvalue weighted by atomic mass is 10.0. The van der Waals surface area contributed by atoms with E-state index < -0.39 is 0 Å². The average Bonchev–Trinajstić information content (AvgIpc) is 3.18. The Morgan fingerprint density at radius 1 is 0.806 bits per heavy atom. The molecule has 5 heteroatoms. The number of unbranched alkanes of at least 4 members (excludes halogenated alkanes) is 15. The van der Waals surface area contributed by atoms with Crippen molar-refractivity contribution in [3.05, 3.63) is 24.3 Å². The number of carbonyl (C=O) groups is 1. The van der Waals surface area contributed by atoms with Gasteiger partial charge < -0.3 is 5.32 Å². The van der Waals surface area contributed by atoms with E-state index >= 15 is 0 Å². The molecule has 0 unspecified atom stereocenters. The maximum absolute atomic E-state index is 12.1. The van der Waals surface area contributed by atoms with E-state index in [1.807, 2.05) is 24.3 Å². The molecule has 1 amide bonds. The van der Waals surface area contributed by atoms with Gasteiger partial charge in [0.05, 0.1) is 10.2 Å². The van der Waals surface area contributed by atoms with E-state index in [9.17, 15) is 4.79 Å². The Morgan fingerprint density at radius 2 is 1.32 bits per heavy atom. The minimum Gasteiger partial charge on any atom is -0.347 e. The molecule has 0 atom stereocenters. The van der Waals surface area contributed by atoms with Gasteiger partial charge in [0.1, 0.15) is 0 Å². The Morgan fingerprint density at radius 3 is 1.87 bits per heavy atom. The van der Waals surface area contributed by atoms with Crippen molar-refractivity contribution in [2.75, 3.05) is 6.54 Å². The molecule has 0 aliphatic rings. The Balaban J connectivity index is 1.32. The fourth-order valence-corrected chi connectivity index (χ4v) is 5.71. The molecule has 1 aromatic carbocycles. The third kappa shape index (κ3) is 12.5. The highest BCUT2D eigenvalue weighted by atomic mass is 32.2. The number of nitrogens with one attached hydrogen (secondary N) is 1. The maximum Gasteiger partial charge on any atom is 0.286 e. The number of nitrogens with zero attached hydrogens (tertiary/aromatic N) is 1. The molecule has 2 rings (SSSR count). The van der Waals surface area contributed by atoms with Gasteiger partial charge in [-0.15, -0.1) is 11.3 Å². The number of rotatable bonds is 18. The van der Waals surface area contributed by atoms with Crippen LogP contribution in [0.4, 0.5) is 4.79 Å². The Labute approximate surface area is 198 Å². The van der Waals surface area contributed by atoms with Gasteiger partial charge in [-0.2, -0.15) is 0 Å². The fourth-order valence-electron chi connectivity index (χ4n) is 3.87. The van der Waals surface area contributed by atoms with Crippen LogP contribution in [0.3, 0.4) is 0 Å². The van der Waals surface area contributed by atoms with Crippen LogP contribution < -0.4 is 5.32 Å². The number of benzene rings is 1. The van der Waals surface area contributed by atoms with Gasteiger partial charge in [-0.1, -0.05) is 115 Å². The second kappa shape index (κ2) is 17.5. The largest absolute Gasteiger partial charge is 0.347 e. The number of para-hydroxylation sites is 1. The van der Waals surface area contributed by atoms with Crippen LogP contribution in [-0.4, -0.2) is 16.8 Å². The fraction of sp³-hybridized carbons (Fsp3) is 0.692. The van der Waals surface area contributed by atoms with Gasteiger partial charge in [0.2, 0.25) is 0 Å². The van der Waals surface area contributed by atoms with E-state index in [2.05, 4.69) is 17.2 Å². The zero-order valence-corrected chi connectivity index (χ0v) is 21.1. The topological polar surface area (TPSA) is 42.0 Å². The van der Waals surface area contributed by atoms with Gasteiger partial charge >= 0.3 is 0 Å². The smallest absolute Gasteiger partial charge is 0.286 e. The molecule has 1 heterocycles. The summed E-state index contributed by atoms with van der Waals surface area (Å²) in [6, 6.07) is 8.02. The zero-order valence-electron chi connectivity index (χ0n) is 19.5. The lowest BCUT2D eigenvalue weighted by Crippen LogP contribution is -2.19. The van der Waals surface area contributed by atoms with Crippen LogP contribution in [0.25, 0.3) is 10.2 Å². The summed E-state index contributed by atoms with van der Waals surface area (Å²) in [4.78, 5) is 16.6. The first-order valence-electron chi connectivity index (χ1n) is 12.6. The zero-order chi connectivity index (χ0) is 22.0. The highest BCUT2D eigenvalue weighted by Crippen LogP contribution is 2.29. The van der Waals surface area contributed by atoms with Crippen molar-refractivity contribution in [1.82, 2.24) is 10.3 Å². The molecule has 3 nitrogen and oxygen atoms in total. The van der Waals surface area contributed by atoms with Crippen LogP contribution in [0, 0.1) is 0 Å². The van der Waals surface area contributed by atoms with Gasteiger partial charge in [-0.3, -0.25) is 4.79 Å². The van der Waals surface area contributed by atoms with Gasteiger partial charge in [0.15, 0.2) is 4.34 Å². The summed E-state index contributed by atoms with van der Waals surface area (Å²) in [6.45, 7) is 3.06. The third-order valence-electron chi connectivity index (χ3n) is 5.75. The predicted molar refractivity (Wildman–Crippen MR) is 138 cm³/mol. The second-order valence-electron chi connectivity index (χ2n) is 8.57. The summed E-state index contributed by atoms with van der Waals surface area (Å²) >= 11 is 2.80. The van der Waals surface area contributed by atoms with Crippen LogP contribution in [0.5, 0.6) is 0 Å². The second-order valence-corrected chi connectivity index (χ2v) is 10.8. The van der Waals surface area contributed by atoms with E-state index in [4.69, 9.17) is 0 Å². The normalized spacial score (nSPS) is 11.3. The Kier molecular flexibility index (Phi) is 14.8. The van der Waals surface area contributed by atoms with E-state index in [0.29, 0.717) is 0 Å². The molecule has 1 N–H and O–H groups in total. The molecule has 1 aromatic heterocycles. The first-order chi connectivity index (χ1) is 15.3. The van der Waals surface area contributed by atoms with E-state index in [-0.39, 0.29) is 5.24 Å². The number of fused-ring (bicyclic) bond motifs is 1. The quantitative estimate of drug-likeness (QED) is 0.177. The molecule has 0 radical (unpaired) electrons. The lowest BCUT2D eigenvalue weighted by Gasteiger charge is -2.04. The summed E-state index contributed by atoms with van der Waals surface area (Å²) in [5.74, 6) is 0. The molecule has 0 spiro atoms. The van der Waals surface area contributed by atoms with Crippen molar-refractivity contribution in [2.45, 2.75) is 114 Å². The standard InChI is InChI=1S/C26H42N2OS2/c1-2-3-4-5-6-7-8-9-10-11-12-13-14-15-16-19-22-27-25(29)31-26-28-23-20-17-18-21-24(23)30-26/h17-18,20-21H,2-16,19,22H2,1H3,(H,27,29). The third-order valence-corrected chi connectivity index (χ3v) is 7.68. The molecule has 0 fully saturated rings. The van der Waals surface area contributed by atoms with Crippen molar-refractivity contribution in [3.8, 4) is 0 Å². The van der Waals surface area contributed by atoms with E-state index in [0.717, 1.165) is 27.5 Å². The number of aromatic nitrogens is 1. The van der Waals surface area contributed by atoms with Crippen molar-refractivity contribution in [2.24, 2.45) is 0 Å². The highest BCUT2D eigenvalue weighted by Gasteiger charge is 2.09. The average molecular weight is 463 g/mol. The minimum atomic E-state index is 0.0139. The summed E-state index contributed by atoms with van der Waals surface area (Å²) in [6.07, 6.45) is 21.9. The number of hydrogen-bond donors (Lipinski definition) is 1. The van der Waals surface area contributed by atoms with Gasteiger partial charge in [0, 0.05) is 18.3 Å².